The second-order valence-corrected chi connectivity index (χ2v) is 6.62. The summed E-state index contributed by atoms with van der Waals surface area (Å²) in [5.41, 5.74) is 3.33. The molecule has 1 heterocycles. The van der Waals surface area contributed by atoms with Crippen molar-refractivity contribution in [1.82, 2.24) is 15.3 Å². The van der Waals surface area contributed by atoms with Crippen molar-refractivity contribution in [3.8, 4) is 0 Å². The number of hydrogen-bond acceptors (Lipinski definition) is 4. The fourth-order valence-electron chi connectivity index (χ4n) is 3.38. The van der Waals surface area contributed by atoms with Crippen LogP contribution in [0, 0.1) is 0 Å². The largest absolute Gasteiger partial charge is 0.300 e. The van der Waals surface area contributed by atoms with Crippen LogP contribution >= 0.6 is 0 Å². The molecule has 2 atom stereocenters. The Morgan fingerprint density at radius 1 is 1.22 bits per heavy atom. The highest BCUT2D eigenvalue weighted by atomic mass is 16.5. The van der Waals surface area contributed by atoms with Crippen molar-refractivity contribution in [1.29, 1.82) is 0 Å². The molecule has 0 radical (unpaired) electrons. The standard InChI is InChI=1S/C18H29N3O2/c1-4-5-10-20-11-14(2)21(15(3)12-20)13-16-6-8-17(9-7-16)18(22)19-23/h6-9,14-15,23H,4-5,10-13H2,1-3H3,(H,19,22)/t14-,15+. The number of rotatable bonds is 6. The molecule has 0 bridgehead atoms. The molecule has 0 spiro atoms. The van der Waals surface area contributed by atoms with Gasteiger partial charge in [-0.15, -0.1) is 0 Å². The van der Waals surface area contributed by atoms with Crippen molar-refractivity contribution in [3.63, 3.8) is 0 Å². The number of piperazine rings is 1. The molecule has 0 unspecified atom stereocenters. The summed E-state index contributed by atoms with van der Waals surface area (Å²) >= 11 is 0. The van der Waals surface area contributed by atoms with Gasteiger partial charge in [0.2, 0.25) is 0 Å². The van der Waals surface area contributed by atoms with Gasteiger partial charge in [0.1, 0.15) is 0 Å². The number of benzene rings is 1. The molecule has 0 aromatic heterocycles. The maximum Gasteiger partial charge on any atom is 0.274 e. The lowest BCUT2D eigenvalue weighted by atomic mass is 10.0. The lowest BCUT2D eigenvalue weighted by Gasteiger charge is -2.44. The van der Waals surface area contributed by atoms with E-state index >= 15 is 0 Å². The van der Waals surface area contributed by atoms with Crippen LogP contribution in [-0.4, -0.2) is 52.6 Å². The Kier molecular flexibility index (Phi) is 6.57. The van der Waals surface area contributed by atoms with Crippen LogP contribution in [-0.2, 0) is 6.54 Å². The van der Waals surface area contributed by atoms with E-state index in [0.29, 0.717) is 17.6 Å². The van der Waals surface area contributed by atoms with E-state index in [1.807, 2.05) is 12.1 Å². The number of nitrogens with zero attached hydrogens (tertiary/aromatic N) is 2. The van der Waals surface area contributed by atoms with Crippen LogP contribution in [0.3, 0.4) is 0 Å². The molecule has 1 aromatic carbocycles. The van der Waals surface area contributed by atoms with Crippen molar-refractivity contribution < 1.29 is 10.0 Å². The van der Waals surface area contributed by atoms with Crippen LogP contribution in [0.4, 0.5) is 0 Å². The topological polar surface area (TPSA) is 55.8 Å². The van der Waals surface area contributed by atoms with Crippen molar-refractivity contribution in [2.45, 2.75) is 52.2 Å². The zero-order valence-corrected chi connectivity index (χ0v) is 14.5. The Balaban J connectivity index is 1.95. The average Bonchev–Trinajstić information content (AvgIpc) is 2.56. The summed E-state index contributed by atoms with van der Waals surface area (Å²) in [5.74, 6) is -0.470. The highest BCUT2D eigenvalue weighted by molar-refractivity contribution is 5.93. The molecule has 1 aliphatic rings. The van der Waals surface area contributed by atoms with Crippen molar-refractivity contribution in [2.24, 2.45) is 0 Å². The average molecular weight is 319 g/mol. The predicted octanol–water partition coefficient (Wildman–Crippen LogP) is 2.50. The first kappa shape index (κ1) is 17.9. The summed E-state index contributed by atoms with van der Waals surface area (Å²) in [7, 11) is 0. The molecular formula is C18H29N3O2. The van der Waals surface area contributed by atoms with Gasteiger partial charge in [-0.3, -0.25) is 14.9 Å². The molecule has 5 heteroatoms. The molecule has 0 saturated carbocycles. The summed E-state index contributed by atoms with van der Waals surface area (Å²) in [6, 6.07) is 8.49. The molecule has 1 fully saturated rings. The van der Waals surface area contributed by atoms with Crippen LogP contribution < -0.4 is 5.48 Å². The van der Waals surface area contributed by atoms with Gasteiger partial charge in [-0.05, 0) is 44.5 Å². The number of amides is 1. The minimum absolute atomic E-state index is 0.470. The first-order chi connectivity index (χ1) is 11.0. The van der Waals surface area contributed by atoms with Gasteiger partial charge in [-0.25, -0.2) is 5.48 Å². The Morgan fingerprint density at radius 3 is 2.35 bits per heavy atom. The van der Waals surface area contributed by atoms with Gasteiger partial charge in [0.25, 0.3) is 5.91 Å². The van der Waals surface area contributed by atoms with Crippen LogP contribution in [0.15, 0.2) is 24.3 Å². The van der Waals surface area contributed by atoms with Crippen molar-refractivity contribution in [3.05, 3.63) is 35.4 Å². The quantitative estimate of drug-likeness (QED) is 0.625. The lowest BCUT2D eigenvalue weighted by Crippen LogP contribution is -2.56. The Morgan fingerprint density at radius 2 is 1.83 bits per heavy atom. The van der Waals surface area contributed by atoms with Gasteiger partial charge in [0.15, 0.2) is 0 Å². The van der Waals surface area contributed by atoms with Crippen LogP contribution in [0.1, 0.15) is 49.5 Å². The second-order valence-electron chi connectivity index (χ2n) is 6.62. The number of nitrogens with one attached hydrogen (secondary N) is 1. The fraction of sp³-hybridized carbons (Fsp3) is 0.611. The van der Waals surface area contributed by atoms with Gasteiger partial charge in [0, 0.05) is 37.3 Å². The van der Waals surface area contributed by atoms with Gasteiger partial charge in [0.05, 0.1) is 0 Å². The van der Waals surface area contributed by atoms with Crippen LogP contribution in [0.25, 0.3) is 0 Å². The molecule has 2 rings (SSSR count). The molecule has 0 aliphatic carbocycles. The minimum atomic E-state index is -0.470. The smallest absolute Gasteiger partial charge is 0.274 e. The van der Waals surface area contributed by atoms with E-state index in [1.54, 1.807) is 17.6 Å². The number of carbonyl (C=O) groups excluding carboxylic acids is 1. The third-order valence-electron chi connectivity index (χ3n) is 4.69. The lowest BCUT2D eigenvalue weighted by molar-refractivity contribution is 0.0323. The summed E-state index contributed by atoms with van der Waals surface area (Å²) in [4.78, 5) is 16.5. The van der Waals surface area contributed by atoms with Gasteiger partial charge < -0.3 is 4.90 Å². The summed E-state index contributed by atoms with van der Waals surface area (Å²) in [6.07, 6.45) is 2.52. The van der Waals surface area contributed by atoms with E-state index in [4.69, 9.17) is 5.21 Å². The molecule has 1 aliphatic heterocycles. The maximum atomic E-state index is 11.4. The van der Waals surface area contributed by atoms with Crippen LogP contribution in [0.5, 0.6) is 0 Å². The molecule has 2 N–H and O–H groups in total. The molecule has 1 aromatic rings. The minimum Gasteiger partial charge on any atom is -0.300 e. The van der Waals surface area contributed by atoms with E-state index in [0.717, 1.165) is 19.6 Å². The summed E-state index contributed by atoms with van der Waals surface area (Å²) in [5, 5.41) is 8.66. The van der Waals surface area contributed by atoms with Crippen molar-refractivity contribution in [2.75, 3.05) is 19.6 Å². The van der Waals surface area contributed by atoms with Gasteiger partial charge in [-0.2, -0.15) is 0 Å². The van der Waals surface area contributed by atoms with Gasteiger partial charge >= 0.3 is 0 Å². The summed E-state index contributed by atoms with van der Waals surface area (Å²) in [6.45, 7) is 11.2. The molecule has 5 nitrogen and oxygen atoms in total. The van der Waals surface area contributed by atoms with E-state index in [2.05, 4.69) is 30.6 Å². The highest BCUT2D eigenvalue weighted by Crippen LogP contribution is 2.19. The van der Waals surface area contributed by atoms with E-state index < -0.39 is 5.91 Å². The monoisotopic (exact) mass is 319 g/mol. The SMILES string of the molecule is CCCCN1C[C@@H](C)N(Cc2ccc(C(=O)NO)cc2)[C@@H](C)C1. The third-order valence-corrected chi connectivity index (χ3v) is 4.69. The normalized spacial score (nSPS) is 23.0. The molecule has 23 heavy (non-hydrogen) atoms. The van der Waals surface area contributed by atoms with Crippen molar-refractivity contribution >= 4 is 5.91 Å². The van der Waals surface area contributed by atoms with Crippen LogP contribution in [0.2, 0.25) is 0 Å². The van der Waals surface area contributed by atoms with E-state index in [9.17, 15) is 4.79 Å². The zero-order chi connectivity index (χ0) is 16.8. The molecule has 1 amide bonds. The Labute approximate surface area is 139 Å². The number of carbonyl (C=O) groups is 1. The first-order valence-corrected chi connectivity index (χ1v) is 8.56. The Hall–Kier alpha value is -1.43. The van der Waals surface area contributed by atoms with E-state index in [1.165, 1.54) is 24.9 Å². The molecule has 128 valence electrons. The number of unbranched alkanes of at least 4 members (excludes halogenated alkanes) is 1. The molecule has 1 saturated heterocycles. The first-order valence-electron chi connectivity index (χ1n) is 8.56. The number of hydroxylamine groups is 1. The summed E-state index contributed by atoms with van der Waals surface area (Å²) < 4.78 is 0. The fourth-order valence-corrected chi connectivity index (χ4v) is 3.38. The third kappa shape index (κ3) is 4.77. The van der Waals surface area contributed by atoms with Gasteiger partial charge in [-0.1, -0.05) is 25.5 Å². The van der Waals surface area contributed by atoms with E-state index in [-0.39, 0.29) is 0 Å². The highest BCUT2D eigenvalue weighted by Gasteiger charge is 2.28. The molecular weight excluding hydrogens is 290 g/mol. The Bertz CT molecular complexity index is 491. The number of hydrogen-bond donors (Lipinski definition) is 2. The second kappa shape index (κ2) is 8.43. The predicted molar refractivity (Wildman–Crippen MR) is 91.5 cm³/mol. The zero-order valence-electron chi connectivity index (χ0n) is 14.5. The maximum absolute atomic E-state index is 11.4.